The molecule has 6 heteroatoms. The van der Waals surface area contributed by atoms with Gasteiger partial charge < -0.3 is 15.7 Å². The predicted octanol–water partition coefficient (Wildman–Crippen LogP) is -1.43. The second kappa shape index (κ2) is 93.6. The van der Waals surface area contributed by atoms with Gasteiger partial charge in [0, 0.05) is 17.1 Å². The van der Waals surface area contributed by atoms with Gasteiger partial charge in [-0.25, -0.2) is 0 Å². The van der Waals surface area contributed by atoms with Crippen molar-refractivity contribution in [1.82, 2.24) is 0 Å². The molecule has 0 aliphatic carbocycles. The van der Waals surface area contributed by atoms with Crippen LogP contribution < -0.4 is 0 Å². The van der Waals surface area contributed by atoms with E-state index in [2.05, 4.69) is 0 Å². The van der Waals surface area contributed by atoms with E-state index in [1.54, 1.807) is 0 Å². The standard InChI is InChI=1S/2CH2O2.Cu.H2O/c2*2-1-3;;/h2*1H,(H,2,3);;1H2. The van der Waals surface area contributed by atoms with E-state index < -0.39 is 0 Å². The number of carbonyl (C=O) groups is 2. The Morgan fingerprint density at radius 2 is 1.00 bits per heavy atom. The summed E-state index contributed by atoms with van der Waals surface area (Å²) >= 11 is 0. The van der Waals surface area contributed by atoms with Crippen LogP contribution in [0.1, 0.15) is 0 Å². The van der Waals surface area contributed by atoms with Crippen LogP contribution in [0.3, 0.4) is 0 Å². The van der Waals surface area contributed by atoms with Crippen LogP contribution in [0.25, 0.3) is 0 Å². The quantitative estimate of drug-likeness (QED) is 0.346. The molecule has 0 fully saturated rings. The molecule has 0 aromatic carbocycles. The van der Waals surface area contributed by atoms with Gasteiger partial charge in [0.05, 0.1) is 0 Å². The van der Waals surface area contributed by atoms with Crippen molar-refractivity contribution in [3.8, 4) is 0 Å². The second-order valence-corrected chi connectivity index (χ2v) is 0.211. The minimum atomic E-state index is -0.250. The van der Waals surface area contributed by atoms with E-state index in [4.69, 9.17) is 19.8 Å². The molecule has 4 N–H and O–H groups in total. The zero-order valence-corrected chi connectivity index (χ0v) is 4.61. The first-order chi connectivity index (χ1) is 2.83. The molecule has 8 heavy (non-hydrogen) atoms. The first-order valence-corrected chi connectivity index (χ1v) is 0.988. The van der Waals surface area contributed by atoms with Crippen LogP contribution in [0.4, 0.5) is 0 Å². The number of rotatable bonds is 0. The molecule has 0 aromatic rings. The Morgan fingerprint density at radius 3 is 1.00 bits per heavy atom. The van der Waals surface area contributed by atoms with Gasteiger partial charge in [0.1, 0.15) is 0 Å². The monoisotopic (exact) mass is 173 g/mol. The van der Waals surface area contributed by atoms with Crippen molar-refractivity contribution in [2.75, 3.05) is 0 Å². The van der Waals surface area contributed by atoms with E-state index in [0.717, 1.165) is 0 Å². The molecule has 0 atom stereocenters. The van der Waals surface area contributed by atoms with Crippen LogP contribution in [0.2, 0.25) is 0 Å². The van der Waals surface area contributed by atoms with E-state index in [0.29, 0.717) is 0 Å². The maximum Gasteiger partial charge on any atom is 0.290 e. The second-order valence-electron chi connectivity index (χ2n) is 0.211. The van der Waals surface area contributed by atoms with Crippen molar-refractivity contribution in [2.45, 2.75) is 0 Å². The summed E-state index contributed by atoms with van der Waals surface area (Å²) < 4.78 is 0. The summed E-state index contributed by atoms with van der Waals surface area (Å²) in [5.41, 5.74) is 0. The van der Waals surface area contributed by atoms with Gasteiger partial charge in [0.2, 0.25) is 0 Å². The first-order valence-electron chi connectivity index (χ1n) is 0.988. The molecule has 0 spiro atoms. The zero-order chi connectivity index (χ0) is 5.41. The topological polar surface area (TPSA) is 106 Å². The molecule has 0 bridgehead atoms. The summed E-state index contributed by atoms with van der Waals surface area (Å²) in [5, 5.41) is 13.8. The van der Waals surface area contributed by atoms with Gasteiger partial charge in [0.15, 0.2) is 0 Å². The van der Waals surface area contributed by atoms with Crippen molar-refractivity contribution in [2.24, 2.45) is 0 Å². The van der Waals surface area contributed by atoms with Gasteiger partial charge in [-0.05, 0) is 0 Å². The molecule has 5 nitrogen and oxygen atoms in total. The SMILES string of the molecule is O.O=CO.O=CO.[Cu]. The predicted molar refractivity (Wildman–Crippen MR) is 21.0 cm³/mol. The molecular weight excluding hydrogens is 168 g/mol. The van der Waals surface area contributed by atoms with Crippen molar-refractivity contribution in [3.05, 3.63) is 0 Å². The number of hydrogen-bond donors (Lipinski definition) is 2. The Bertz CT molecular complexity index is 31.4. The largest absolute Gasteiger partial charge is 0.483 e. The van der Waals surface area contributed by atoms with Gasteiger partial charge >= 0.3 is 0 Å². The summed E-state index contributed by atoms with van der Waals surface area (Å²) in [6.07, 6.45) is 0. The summed E-state index contributed by atoms with van der Waals surface area (Å²) in [7, 11) is 0. The molecule has 0 aromatic heterocycles. The molecule has 0 saturated heterocycles. The van der Waals surface area contributed by atoms with Gasteiger partial charge in [-0.3, -0.25) is 9.59 Å². The Hall–Kier alpha value is -0.581. The van der Waals surface area contributed by atoms with E-state index in [-0.39, 0.29) is 35.5 Å². The van der Waals surface area contributed by atoms with Crippen LogP contribution >= 0.6 is 0 Å². The van der Waals surface area contributed by atoms with Crippen molar-refractivity contribution in [1.29, 1.82) is 0 Å². The maximum absolute atomic E-state index is 8.36. The summed E-state index contributed by atoms with van der Waals surface area (Å²) in [4.78, 5) is 16.7. The summed E-state index contributed by atoms with van der Waals surface area (Å²) in [6.45, 7) is -0.500. The third kappa shape index (κ3) is 314. The zero-order valence-electron chi connectivity index (χ0n) is 3.67. The average molecular weight is 174 g/mol. The molecule has 0 saturated carbocycles. The van der Waals surface area contributed by atoms with Crippen LogP contribution in [-0.4, -0.2) is 28.6 Å². The van der Waals surface area contributed by atoms with Gasteiger partial charge in [-0.15, -0.1) is 0 Å². The van der Waals surface area contributed by atoms with Crippen molar-refractivity contribution in [3.63, 3.8) is 0 Å². The molecule has 0 rings (SSSR count). The minimum absolute atomic E-state index is 0. The Labute approximate surface area is 56.1 Å². The third-order valence-corrected chi connectivity index (χ3v) is 0. The molecule has 0 aliphatic heterocycles. The van der Waals surface area contributed by atoms with E-state index in [1.165, 1.54) is 0 Å². The number of carboxylic acid groups (broad SMARTS) is 2. The van der Waals surface area contributed by atoms with Crippen LogP contribution in [0.15, 0.2) is 0 Å². The maximum atomic E-state index is 8.36. The summed E-state index contributed by atoms with van der Waals surface area (Å²) in [6, 6.07) is 0. The smallest absolute Gasteiger partial charge is 0.290 e. The van der Waals surface area contributed by atoms with E-state index >= 15 is 0 Å². The van der Waals surface area contributed by atoms with Crippen LogP contribution in [0.5, 0.6) is 0 Å². The Balaban J connectivity index is -0.0000000160. The molecule has 0 aliphatic rings. The van der Waals surface area contributed by atoms with Crippen LogP contribution in [-0.2, 0) is 26.7 Å². The van der Waals surface area contributed by atoms with Gasteiger partial charge in [-0.2, -0.15) is 0 Å². The van der Waals surface area contributed by atoms with Crippen molar-refractivity contribution < 1.29 is 42.3 Å². The van der Waals surface area contributed by atoms with E-state index in [1.807, 2.05) is 0 Å². The van der Waals surface area contributed by atoms with Gasteiger partial charge in [0.25, 0.3) is 12.9 Å². The fourth-order valence-electron chi connectivity index (χ4n) is 0. The molecular formula is C2H6CuO5. The molecule has 0 heterocycles. The molecule has 55 valence electrons. The summed E-state index contributed by atoms with van der Waals surface area (Å²) in [5.74, 6) is 0. The third-order valence-electron chi connectivity index (χ3n) is 0. The van der Waals surface area contributed by atoms with Gasteiger partial charge in [-0.1, -0.05) is 0 Å². The molecule has 0 unspecified atom stereocenters. The fraction of sp³-hybridized carbons (Fsp3) is 0. The van der Waals surface area contributed by atoms with Crippen LogP contribution in [0, 0.1) is 0 Å². The van der Waals surface area contributed by atoms with Crippen molar-refractivity contribution >= 4 is 12.9 Å². The Kier molecular flexibility index (Phi) is 306. The average Bonchev–Trinajstić information content (AvgIpc) is 1.39. The molecule has 1 radical (unpaired) electrons. The Morgan fingerprint density at radius 1 is 1.00 bits per heavy atom. The van der Waals surface area contributed by atoms with E-state index in [9.17, 15) is 0 Å². The normalized spacial score (nSPS) is 3.00. The number of hydrogen-bond acceptors (Lipinski definition) is 2. The fourth-order valence-corrected chi connectivity index (χ4v) is 0. The minimum Gasteiger partial charge on any atom is -0.483 e. The molecule has 0 amide bonds. The first kappa shape index (κ1) is 26.1.